The molecule has 0 aliphatic heterocycles. The lowest BCUT2D eigenvalue weighted by atomic mass is 10.1. The first-order valence-electron chi connectivity index (χ1n) is 7.29. The second kappa shape index (κ2) is 8.70. The van der Waals surface area contributed by atoms with Crippen LogP contribution in [0.5, 0.6) is 5.75 Å². The van der Waals surface area contributed by atoms with Gasteiger partial charge in [0.05, 0.1) is 6.54 Å². The molecule has 0 unspecified atom stereocenters. The number of hydrogen-bond acceptors (Lipinski definition) is 5. The molecule has 120 valence electrons. The van der Waals surface area contributed by atoms with Crippen LogP contribution in [-0.4, -0.2) is 32.0 Å². The third-order valence-corrected chi connectivity index (χ3v) is 3.11. The summed E-state index contributed by atoms with van der Waals surface area (Å²) in [6.45, 7) is 0.336. The molecule has 0 heterocycles. The van der Waals surface area contributed by atoms with Gasteiger partial charge in [0.25, 0.3) is 0 Å². The van der Waals surface area contributed by atoms with Gasteiger partial charge < -0.3 is 14.8 Å². The molecule has 2 aromatic rings. The highest BCUT2D eigenvalue weighted by atomic mass is 16.6. The molecule has 5 nitrogen and oxygen atoms in total. The Bertz CT molecular complexity index is 638. The molecule has 0 atom stereocenters. The van der Waals surface area contributed by atoms with E-state index in [0.717, 1.165) is 5.56 Å². The van der Waals surface area contributed by atoms with E-state index in [1.165, 1.54) is 0 Å². The zero-order valence-electron chi connectivity index (χ0n) is 13.0. The van der Waals surface area contributed by atoms with Gasteiger partial charge in [0.15, 0.2) is 12.4 Å². The van der Waals surface area contributed by atoms with E-state index < -0.39 is 5.97 Å². The second-order valence-corrected chi connectivity index (χ2v) is 4.91. The van der Waals surface area contributed by atoms with Crippen molar-refractivity contribution in [3.8, 4) is 5.75 Å². The maximum Gasteiger partial charge on any atom is 0.344 e. The van der Waals surface area contributed by atoms with Crippen LogP contribution >= 0.6 is 0 Å². The Morgan fingerprint density at radius 1 is 1.00 bits per heavy atom. The summed E-state index contributed by atoms with van der Waals surface area (Å²) in [5.74, 6) is 0.0770. The first kappa shape index (κ1) is 16.7. The predicted molar refractivity (Wildman–Crippen MR) is 86.4 cm³/mol. The molecule has 5 heteroatoms. The smallest absolute Gasteiger partial charge is 0.344 e. The van der Waals surface area contributed by atoms with Gasteiger partial charge in [-0.15, -0.1) is 0 Å². The summed E-state index contributed by atoms with van der Waals surface area (Å²) in [5.41, 5.74) is 1.52. The number of Topliss-reactive ketones (excluding diaryl/α,β-unsaturated/α-hetero) is 1. The Morgan fingerprint density at radius 3 is 2.35 bits per heavy atom. The number of ketones is 1. The van der Waals surface area contributed by atoms with Crippen molar-refractivity contribution in [3.63, 3.8) is 0 Å². The molecule has 2 rings (SSSR count). The van der Waals surface area contributed by atoms with Gasteiger partial charge in [-0.2, -0.15) is 0 Å². The van der Waals surface area contributed by atoms with Crippen molar-refractivity contribution in [2.45, 2.75) is 6.61 Å². The molecule has 0 amide bonds. The zero-order valence-corrected chi connectivity index (χ0v) is 13.0. The Morgan fingerprint density at radius 2 is 1.70 bits per heavy atom. The lowest BCUT2D eigenvalue weighted by molar-refractivity contribution is -0.147. The molecule has 0 aromatic heterocycles. The molecule has 0 aliphatic rings. The number of nitrogens with one attached hydrogen (secondary N) is 1. The normalized spacial score (nSPS) is 10.1. The average molecular weight is 313 g/mol. The predicted octanol–water partition coefficient (Wildman–Crippen LogP) is 2.21. The van der Waals surface area contributed by atoms with E-state index in [0.29, 0.717) is 11.3 Å². The monoisotopic (exact) mass is 313 g/mol. The van der Waals surface area contributed by atoms with Gasteiger partial charge in [0.1, 0.15) is 12.4 Å². The van der Waals surface area contributed by atoms with E-state index in [4.69, 9.17) is 9.47 Å². The fraction of sp³-hybridized carbons (Fsp3) is 0.222. The lowest BCUT2D eigenvalue weighted by Gasteiger charge is -2.08. The van der Waals surface area contributed by atoms with Gasteiger partial charge in [-0.25, -0.2) is 4.79 Å². The summed E-state index contributed by atoms with van der Waals surface area (Å²) in [7, 11) is 1.72. The molecule has 0 radical (unpaired) electrons. The third kappa shape index (κ3) is 5.56. The molecule has 2 aromatic carbocycles. The van der Waals surface area contributed by atoms with Crippen LogP contribution in [0.15, 0.2) is 54.6 Å². The van der Waals surface area contributed by atoms with Crippen molar-refractivity contribution in [1.29, 1.82) is 0 Å². The molecule has 0 aliphatic carbocycles. The van der Waals surface area contributed by atoms with E-state index in [-0.39, 0.29) is 25.5 Å². The van der Waals surface area contributed by atoms with E-state index in [9.17, 15) is 9.59 Å². The Balaban J connectivity index is 1.77. The van der Waals surface area contributed by atoms with Crippen molar-refractivity contribution >= 4 is 11.8 Å². The summed E-state index contributed by atoms with van der Waals surface area (Å²) < 4.78 is 10.5. The van der Waals surface area contributed by atoms with Gasteiger partial charge in [0.2, 0.25) is 0 Å². The van der Waals surface area contributed by atoms with Crippen LogP contribution in [0.3, 0.4) is 0 Å². The first-order chi connectivity index (χ1) is 11.2. The van der Waals surface area contributed by atoms with Crippen LogP contribution in [0.4, 0.5) is 0 Å². The summed E-state index contributed by atoms with van der Waals surface area (Å²) in [6.07, 6.45) is 0. The minimum Gasteiger partial charge on any atom is -0.482 e. The molecule has 23 heavy (non-hydrogen) atoms. The van der Waals surface area contributed by atoms with Crippen LogP contribution in [0.2, 0.25) is 0 Å². The Kier molecular flexibility index (Phi) is 6.32. The van der Waals surface area contributed by atoms with Gasteiger partial charge >= 0.3 is 5.97 Å². The number of likely N-dealkylation sites (N-methyl/N-ethyl adjacent to an activating group) is 1. The molecular formula is C18H19NO4. The molecule has 0 saturated carbocycles. The third-order valence-electron chi connectivity index (χ3n) is 3.11. The summed E-state index contributed by atoms with van der Waals surface area (Å²) in [6, 6.07) is 16.1. The quantitative estimate of drug-likeness (QED) is 0.598. The number of ether oxygens (including phenoxy) is 2. The van der Waals surface area contributed by atoms with Crippen molar-refractivity contribution < 1.29 is 19.1 Å². The maximum atomic E-state index is 11.7. The first-order valence-corrected chi connectivity index (χ1v) is 7.29. The molecule has 0 saturated heterocycles. The number of hydrogen-bond donors (Lipinski definition) is 1. The fourth-order valence-corrected chi connectivity index (χ4v) is 1.92. The Hall–Kier alpha value is -2.66. The topological polar surface area (TPSA) is 64.6 Å². The number of carbonyl (C=O) groups is 2. The fourth-order valence-electron chi connectivity index (χ4n) is 1.92. The van der Waals surface area contributed by atoms with Crippen molar-refractivity contribution in [1.82, 2.24) is 5.32 Å². The van der Waals surface area contributed by atoms with E-state index in [1.54, 1.807) is 31.3 Å². The summed E-state index contributed by atoms with van der Waals surface area (Å²) in [4.78, 5) is 23.3. The van der Waals surface area contributed by atoms with Gasteiger partial charge in [0, 0.05) is 5.56 Å². The van der Waals surface area contributed by atoms with Crippen molar-refractivity contribution in [3.05, 3.63) is 65.7 Å². The highest BCUT2D eigenvalue weighted by molar-refractivity contribution is 5.97. The molecular weight excluding hydrogens is 294 g/mol. The van der Waals surface area contributed by atoms with E-state index in [1.807, 2.05) is 30.3 Å². The highest BCUT2D eigenvalue weighted by Gasteiger charge is 2.07. The average Bonchev–Trinajstić information content (AvgIpc) is 2.59. The van der Waals surface area contributed by atoms with Crippen molar-refractivity contribution in [2.75, 3.05) is 20.2 Å². The SMILES string of the molecule is CNCC(=O)c1ccc(OCC(=O)OCc2ccccc2)cc1. The summed E-state index contributed by atoms with van der Waals surface area (Å²) >= 11 is 0. The number of rotatable bonds is 8. The van der Waals surface area contributed by atoms with Gasteiger partial charge in [-0.3, -0.25) is 4.79 Å². The van der Waals surface area contributed by atoms with Crippen molar-refractivity contribution in [2.24, 2.45) is 0 Å². The van der Waals surface area contributed by atoms with Crippen LogP contribution < -0.4 is 10.1 Å². The molecule has 1 N–H and O–H groups in total. The van der Waals surface area contributed by atoms with Crippen LogP contribution in [0, 0.1) is 0 Å². The lowest BCUT2D eigenvalue weighted by Crippen LogP contribution is -2.18. The Labute approximate surface area is 135 Å². The van der Waals surface area contributed by atoms with E-state index >= 15 is 0 Å². The second-order valence-electron chi connectivity index (χ2n) is 4.91. The van der Waals surface area contributed by atoms with Crippen LogP contribution in [0.25, 0.3) is 0 Å². The minimum atomic E-state index is -0.441. The summed E-state index contributed by atoms with van der Waals surface area (Å²) in [5, 5.41) is 2.81. The number of carbonyl (C=O) groups excluding carboxylic acids is 2. The van der Waals surface area contributed by atoms with Crippen LogP contribution in [0.1, 0.15) is 15.9 Å². The number of esters is 1. The largest absolute Gasteiger partial charge is 0.482 e. The van der Waals surface area contributed by atoms with Gasteiger partial charge in [-0.05, 0) is 36.9 Å². The van der Waals surface area contributed by atoms with E-state index in [2.05, 4.69) is 5.32 Å². The van der Waals surface area contributed by atoms with Gasteiger partial charge in [-0.1, -0.05) is 30.3 Å². The molecule has 0 fully saturated rings. The molecule has 0 spiro atoms. The number of benzene rings is 2. The maximum absolute atomic E-state index is 11.7. The zero-order chi connectivity index (χ0) is 16.5. The minimum absolute atomic E-state index is 0.00122. The molecule has 0 bridgehead atoms. The highest BCUT2D eigenvalue weighted by Crippen LogP contribution is 2.12. The van der Waals surface area contributed by atoms with Crippen LogP contribution in [-0.2, 0) is 16.1 Å². The standard InChI is InChI=1S/C18H19NO4/c1-19-11-17(20)15-7-9-16(10-8-15)22-13-18(21)23-12-14-5-3-2-4-6-14/h2-10,19H,11-13H2,1H3.